The summed E-state index contributed by atoms with van der Waals surface area (Å²) in [6, 6.07) is 0.534. The smallest absolute Gasteiger partial charge is 0.188 e. The highest BCUT2D eigenvalue weighted by Gasteiger charge is 2.11. The largest absolute Gasteiger partial charge is 0.370 e. The fraction of sp³-hybridized carbons (Fsp3) is 0.786. The number of halogens is 1. The van der Waals surface area contributed by atoms with Gasteiger partial charge < -0.3 is 11.1 Å². The van der Waals surface area contributed by atoms with E-state index in [1.54, 1.807) is 0 Å². The molecule has 0 aliphatic heterocycles. The molecule has 3 N–H and O–H groups in total. The van der Waals surface area contributed by atoms with Gasteiger partial charge in [-0.3, -0.25) is 4.99 Å². The Kier molecular flexibility index (Phi) is 11.4. The maximum atomic E-state index is 5.87. The topological polar surface area (TPSA) is 50.4 Å². The molecule has 1 saturated carbocycles. The molecule has 0 aromatic heterocycles. The van der Waals surface area contributed by atoms with Crippen LogP contribution in [0.25, 0.3) is 0 Å². The molecule has 0 heterocycles. The second kappa shape index (κ2) is 11.6. The minimum atomic E-state index is 0. The van der Waals surface area contributed by atoms with E-state index in [0.717, 1.165) is 25.8 Å². The summed E-state index contributed by atoms with van der Waals surface area (Å²) < 4.78 is 0. The van der Waals surface area contributed by atoms with Crippen LogP contribution in [0.5, 0.6) is 0 Å². The van der Waals surface area contributed by atoms with Crippen LogP contribution in [0.15, 0.2) is 4.99 Å². The van der Waals surface area contributed by atoms with E-state index in [4.69, 9.17) is 12.2 Å². The van der Waals surface area contributed by atoms with Crippen LogP contribution in [0.2, 0.25) is 0 Å². The van der Waals surface area contributed by atoms with Crippen LogP contribution >= 0.6 is 24.0 Å². The highest BCUT2D eigenvalue weighted by Crippen LogP contribution is 2.16. The number of guanidine groups is 1. The van der Waals surface area contributed by atoms with Gasteiger partial charge in [0.15, 0.2) is 5.96 Å². The van der Waals surface area contributed by atoms with Gasteiger partial charge in [0.05, 0.1) is 0 Å². The summed E-state index contributed by atoms with van der Waals surface area (Å²) in [6.07, 6.45) is 15.9. The molecule has 18 heavy (non-hydrogen) atoms. The predicted molar refractivity (Wildman–Crippen MR) is 89.2 cm³/mol. The number of nitrogens with zero attached hydrogens (tertiary/aromatic N) is 1. The van der Waals surface area contributed by atoms with Gasteiger partial charge in [-0.25, -0.2) is 0 Å². The molecule has 0 unspecified atom stereocenters. The number of hydrogen-bond donors (Lipinski definition) is 2. The summed E-state index contributed by atoms with van der Waals surface area (Å²) in [5.74, 6) is 3.24. The molecule has 1 fully saturated rings. The highest BCUT2D eigenvalue weighted by molar-refractivity contribution is 14.0. The molecule has 1 rings (SSSR count). The Morgan fingerprint density at radius 1 is 1.22 bits per heavy atom. The lowest BCUT2D eigenvalue weighted by atomic mass is 10.1. The van der Waals surface area contributed by atoms with Gasteiger partial charge in [0, 0.05) is 19.0 Å². The molecule has 0 saturated heterocycles. The Hall–Kier alpha value is -0.440. The third-order valence-electron chi connectivity index (χ3n) is 3.22. The maximum Gasteiger partial charge on any atom is 0.188 e. The number of hydrogen-bond acceptors (Lipinski definition) is 1. The monoisotopic (exact) mass is 363 g/mol. The molecule has 104 valence electrons. The molecule has 0 radical (unpaired) electrons. The second-order valence-corrected chi connectivity index (χ2v) is 4.76. The number of terminal acetylenes is 1. The predicted octanol–water partition coefficient (Wildman–Crippen LogP) is 3.04. The summed E-state index contributed by atoms with van der Waals surface area (Å²) >= 11 is 0. The number of nitrogens with one attached hydrogen (secondary N) is 1. The third kappa shape index (κ3) is 8.62. The van der Waals surface area contributed by atoms with Crippen molar-refractivity contribution in [1.82, 2.24) is 5.32 Å². The van der Waals surface area contributed by atoms with Gasteiger partial charge in [-0.1, -0.05) is 25.7 Å². The van der Waals surface area contributed by atoms with Crippen molar-refractivity contribution in [1.29, 1.82) is 0 Å². The van der Waals surface area contributed by atoms with Crippen molar-refractivity contribution in [2.45, 2.75) is 63.8 Å². The van der Waals surface area contributed by atoms with Crippen LogP contribution in [0.1, 0.15) is 57.8 Å². The van der Waals surface area contributed by atoms with Gasteiger partial charge in [-0.05, 0) is 25.7 Å². The van der Waals surface area contributed by atoms with Gasteiger partial charge in [0.25, 0.3) is 0 Å². The SMILES string of the molecule is C#CCCCCN=C(N)NC1CCCCCC1.I. The first-order chi connectivity index (χ1) is 8.33. The summed E-state index contributed by atoms with van der Waals surface area (Å²) in [5, 5.41) is 3.34. The Bertz CT molecular complexity index is 263. The fourth-order valence-electron chi connectivity index (χ4n) is 2.22. The first-order valence-corrected chi connectivity index (χ1v) is 6.83. The Morgan fingerprint density at radius 2 is 1.89 bits per heavy atom. The minimum Gasteiger partial charge on any atom is -0.370 e. The first-order valence-electron chi connectivity index (χ1n) is 6.83. The number of nitrogens with two attached hydrogens (primary N) is 1. The van der Waals surface area contributed by atoms with E-state index in [1.807, 2.05) is 0 Å². The van der Waals surface area contributed by atoms with Crippen LogP contribution in [-0.4, -0.2) is 18.5 Å². The van der Waals surface area contributed by atoms with Crippen molar-refractivity contribution in [3.8, 4) is 12.3 Å². The van der Waals surface area contributed by atoms with Crippen molar-refractivity contribution >= 4 is 29.9 Å². The molecule has 1 aliphatic rings. The van der Waals surface area contributed by atoms with Gasteiger partial charge >= 0.3 is 0 Å². The van der Waals surface area contributed by atoms with Crippen molar-refractivity contribution in [2.75, 3.05) is 6.54 Å². The molecular formula is C14H26IN3. The number of unbranched alkanes of at least 4 members (excludes halogenated alkanes) is 2. The average Bonchev–Trinajstić information content (AvgIpc) is 2.57. The number of rotatable bonds is 5. The summed E-state index contributed by atoms with van der Waals surface area (Å²) in [6.45, 7) is 0.785. The van der Waals surface area contributed by atoms with Crippen LogP contribution in [0.3, 0.4) is 0 Å². The molecule has 0 aromatic carbocycles. The summed E-state index contributed by atoms with van der Waals surface area (Å²) in [7, 11) is 0. The van der Waals surface area contributed by atoms with Crippen molar-refractivity contribution < 1.29 is 0 Å². The third-order valence-corrected chi connectivity index (χ3v) is 3.22. The van der Waals surface area contributed by atoms with Crippen LogP contribution in [0, 0.1) is 12.3 Å². The Labute approximate surface area is 128 Å². The zero-order valence-electron chi connectivity index (χ0n) is 11.2. The zero-order chi connectivity index (χ0) is 12.3. The van der Waals surface area contributed by atoms with Crippen molar-refractivity contribution in [3.05, 3.63) is 0 Å². The molecule has 4 heteroatoms. The lowest BCUT2D eigenvalue weighted by Crippen LogP contribution is -2.39. The lowest BCUT2D eigenvalue weighted by molar-refractivity contribution is 0.530. The molecule has 0 spiro atoms. The van der Waals surface area contributed by atoms with E-state index in [1.165, 1.54) is 38.5 Å². The quantitative estimate of drug-likeness (QED) is 0.197. The molecule has 0 bridgehead atoms. The average molecular weight is 363 g/mol. The fourth-order valence-corrected chi connectivity index (χ4v) is 2.22. The van der Waals surface area contributed by atoms with Crippen LogP contribution < -0.4 is 11.1 Å². The van der Waals surface area contributed by atoms with Crippen LogP contribution in [0.4, 0.5) is 0 Å². The van der Waals surface area contributed by atoms with Gasteiger partial charge in [-0.15, -0.1) is 36.3 Å². The van der Waals surface area contributed by atoms with Gasteiger partial charge in [0.2, 0.25) is 0 Å². The van der Waals surface area contributed by atoms with Crippen molar-refractivity contribution in [3.63, 3.8) is 0 Å². The normalized spacial score (nSPS) is 17.4. The highest BCUT2D eigenvalue weighted by atomic mass is 127. The first kappa shape index (κ1) is 17.6. The Morgan fingerprint density at radius 3 is 2.50 bits per heavy atom. The van der Waals surface area contributed by atoms with E-state index in [-0.39, 0.29) is 24.0 Å². The van der Waals surface area contributed by atoms with Gasteiger partial charge in [0.1, 0.15) is 0 Å². The summed E-state index contributed by atoms with van der Waals surface area (Å²) in [5.41, 5.74) is 5.87. The molecule has 0 atom stereocenters. The van der Waals surface area contributed by atoms with Crippen molar-refractivity contribution in [2.24, 2.45) is 10.7 Å². The van der Waals surface area contributed by atoms with E-state index in [2.05, 4.69) is 16.2 Å². The molecule has 1 aliphatic carbocycles. The summed E-state index contributed by atoms with van der Waals surface area (Å²) in [4.78, 5) is 4.34. The van der Waals surface area contributed by atoms with E-state index in [0.29, 0.717) is 12.0 Å². The zero-order valence-corrected chi connectivity index (χ0v) is 13.5. The van der Waals surface area contributed by atoms with Crippen LogP contribution in [-0.2, 0) is 0 Å². The molecule has 0 amide bonds. The standard InChI is InChI=1S/C14H25N3.HI/c1-2-3-4-9-12-16-14(15)17-13-10-7-5-6-8-11-13;/h1,13H,3-12H2,(H3,15,16,17);1H. The molecule has 3 nitrogen and oxygen atoms in total. The molecule has 0 aromatic rings. The van der Waals surface area contributed by atoms with Gasteiger partial charge in [-0.2, -0.15) is 0 Å². The minimum absolute atomic E-state index is 0. The second-order valence-electron chi connectivity index (χ2n) is 4.76. The van der Waals surface area contributed by atoms with E-state index >= 15 is 0 Å². The maximum absolute atomic E-state index is 5.87. The number of aliphatic imine (C=N–C) groups is 1. The lowest BCUT2D eigenvalue weighted by Gasteiger charge is -2.16. The van der Waals surface area contributed by atoms with E-state index in [9.17, 15) is 0 Å². The van der Waals surface area contributed by atoms with E-state index < -0.39 is 0 Å². The Balaban J connectivity index is 0.00000289. The molecular weight excluding hydrogens is 337 g/mol.